The molecule has 6 nitrogen and oxygen atoms in total. The fraction of sp³-hybridized carbons (Fsp3) is 0.583. The summed E-state index contributed by atoms with van der Waals surface area (Å²) in [6, 6.07) is 5.76. The van der Waals surface area contributed by atoms with E-state index in [4.69, 9.17) is 4.74 Å². The lowest BCUT2D eigenvalue weighted by atomic mass is 10.0. The third-order valence-corrected chi connectivity index (χ3v) is 7.00. The van der Waals surface area contributed by atoms with Gasteiger partial charge >= 0.3 is 0 Å². The lowest BCUT2D eigenvalue weighted by molar-refractivity contribution is -0.126. The van der Waals surface area contributed by atoms with Crippen molar-refractivity contribution in [2.45, 2.75) is 71.2 Å². The smallest absolute Gasteiger partial charge is 0.255 e. The Morgan fingerprint density at radius 3 is 2.67 bits per heavy atom. The zero-order valence-electron chi connectivity index (χ0n) is 18.3. The second kappa shape index (κ2) is 8.42. The van der Waals surface area contributed by atoms with E-state index in [9.17, 15) is 9.59 Å². The van der Waals surface area contributed by atoms with Gasteiger partial charge in [0.15, 0.2) is 0 Å². The van der Waals surface area contributed by atoms with Gasteiger partial charge in [0.1, 0.15) is 17.9 Å². The Kier molecular flexibility index (Phi) is 5.87. The van der Waals surface area contributed by atoms with Crippen LogP contribution in [0.1, 0.15) is 62.4 Å². The lowest BCUT2D eigenvalue weighted by Crippen LogP contribution is -2.49. The lowest BCUT2D eigenvalue weighted by Gasteiger charge is -2.34. The van der Waals surface area contributed by atoms with Crippen LogP contribution >= 0.6 is 0 Å². The molecular weight excluding hydrogens is 378 g/mol. The van der Waals surface area contributed by atoms with Crippen molar-refractivity contribution in [3.05, 3.63) is 41.6 Å². The largest absolute Gasteiger partial charge is 0.489 e. The standard InChI is InChI=1S/C24H33N3O3/c1-5-26(6-2)22-15(3)7-12-21(22)30-18-9-10-19-17(13-18)14-27(24(19)29)20-11-8-16(4)25-23(20)28/h9-10,13,15,20-22H,4-8,11-12,14H2,1-3H3,(H,25,28)/t15?,20?,21-,22-/m1/s1. The molecule has 1 saturated heterocycles. The second-order valence-corrected chi connectivity index (χ2v) is 8.82. The third kappa shape index (κ3) is 3.73. The molecule has 1 aliphatic carbocycles. The van der Waals surface area contributed by atoms with Gasteiger partial charge in [0.2, 0.25) is 5.91 Å². The Morgan fingerprint density at radius 1 is 1.20 bits per heavy atom. The van der Waals surface area contributed by atoms with Crippen LogP contribution in [0.25, 0.3) is 0 Å². The molecule has 2 unspecified atom stereocenters. The Labute approximate surface area is 179 Å². The van der Waals surface area contributed by atoms with E-state index in [0.717, 1.165) is 36.5 Å². The number of allylic oxidation sites excluding steroid dienone is 1. The minimum atomic E-state index is -0.428. The van der Waals surface area contributed by atoms with E-state index in [1.807, 2.05) is 18.2 Å². The highest BCUT2D eigenvalue weighted by Gasteiger charge is 2.40. The SMILES string of the molecule is C=C1CCC(N2Cc3cc(O[C@@H]4CCC(C)[C@H]4N(CC)CC)ccc3C2=O)C(=O)N1. The average Bonchev–Trinajstić information content (AvgIpc) is 3.23. The molecule has 3 aliphatic rings. The van der Waals surface area contributed by atoms with Gasteiger partial charge in [-0.1, -0.05) is 27.4 Å². The maximum Gasteiger partial charge on any atom is 0.255 e. The van der Waals surface area contributed by atoms with Crippen molar-refractivity contribution in [3.63, 3.8) is 0 Å². The van der Waals surface area contributed by atoms with Crippen LogP contribution in [-0.2, 0) is 11.3 Å². The number of likely N-dealkylation sites (N-methyl/N-ethyl adjacent to an activating group) is 1. The monoisotopic (exact) mass is 411 g/mol. The van der Waals surface area contributed by atoms with E-state index in [2.05, 4.69) is 37.6 Å². The number of hydrogen-bond acceptors (Lipinski definition) is 4. The van der Waals surface area contributed by atoms with Crippen molar-refractivity contribution in [2.75, 3.05) is 13.1 Å². The summed E-state index contributed by atoms with van der Waals surface area (Å²) in [5.41, 5.74) is 2.35. The van der Waals surface area contributed by atoms with Crippen LogP contribution in [0, 0.1) is 5.92 Å². The molecule has 2 amide bonds. The van der Waals surface area contributed by atoms with Crippen LogP contribution < -0.4 is 10.1 Å². The van der Waals surface area contributed by atoms with E-state index in [0.29, 0.717) is 36.9 Å². The van der Waals surface area contributed by atoms with Crippen molar-refractivity contribution in [2.24, 2.45) is 5.92 Å². The number of fused-ring (bicyclic) bond motifs is 1. The molecule has 30 heavy (non-hydrogen) atoms. The molecule has 1 saturated carbocycles. The first-order valence-corrected chi connectivity index (χ1v) is 11.3. The highest BCUT2D eigenvalue weighted by molar-refractivity contribution is 6.01. The van der Waals surface area contributed by atoms with E-state index < -0.39 is 6.04 Å². The summed E-state index contributed by atoms with van der Waals surface area (Å²) in [5.74, 6) is 1.23. The van der Waals surface area contributed by atoms with Crippen LogP contribution in [0.4, 0.5) is 0 Å². The van der Waals surface area contributed by atoms with E-state index >= 15 is 0 Å². The molecule has 0 bridgehead atoms. The van der Waals surface area contributed by atoms with Crippen LogP contribution in [-0.4, -0.2) is 52.9 Å². The topological polar surface area (TPSA) is 61.9 Å². The molecule has 1 aromatic carbocycles. The number of amides is 2. The zero-order valence-corrected chi connectivity index (χ0v) is 18.3. The van der Waals surface area contributed by atoms with Crippen molar-refractivity contribution < 1.29 is 14.3 Å². The molecule has 162 valence electrons. The summed E-state index contributed by atoms with van der Waals surface area (Å²) in [7, 11) is 0. The summed E-state index contributed by atoms with van der Waals surface area (Å²) >= 11 is 0. The van der Waals surface area contributed by atoms with Gasteiger partial charge in [0, 0.05) is 23.8 Å². The summed E-state index contributed by atoms with van der Waals surface area (Å²) in [5, 5.41) is 2.79. The quantitative estimate of drug-likeness (QED) is 0.780. The minimum Gasteiger partial charge on any atom is -0.489 e. The zero-order chi connectivity index (χ0) is 21.4. The maximum absolute atomic E-state index is 12.9. The van der Waals surface area contributed by atoms with Crippen molar-refractivity contribution in [1.29, 1.82) is 0 Å². The van der Waals surface area contributed by atoms with Gasteiger partial charge in [-0.2, -0.15) is 0 Å². The second-order valence-electron chi connectivity index (χ2n) is 8.82. The first-order valence-electron chi connectivity index (χ1n) is 11.3. The highest BCUT2D eigenvalue weighted by Crippen LogP contribution is 2.35. The number of benzene rings is 1. The van der Waals surface area contributed by atoms with Gasteiger partial charge in [-0.05, 0) is 68.5 Å². The normalized spacial score (nSPS) is 28.8. The number of rotatable bonds is 6. The molecule has 1 aromatic rings. The number of ether oxygens (including phenoxy) is 1. The van der Waals surface area contributed by atoms with Crippen molar-refractivity contribution in [3.8, 4) is 5.75 Å². The Balaban J connectivity index is 1.49. The van der Waals surface area contributed by atoms with Gasteiger partial charge in [-0.3, -0.25) is 14.5 Å². The van der Waals surface area contributed by atoms with Crippen LogP contribution in [0.3, 0.4) is 0 Å². The fourth-order valence-corrected chi connectivity index (χ4v) is 5.38. The molecule has 0 aromatic heterocycles. The predicted molar refractivity (Wildman–Crippen MR) is 116 cm³/mol. The molecule has 0 spiro atoms. The summed E-state index contributed by atoms with van der Waals surface area (Å²) in [6.07, 6.45) is 3.72. The molecule has 2 fully saturated rings. The Hall–Kier alpha value is -2.34. The molecule has 4 rings (SSSR count). The molecule has 0 radical (unpaired) electrons. The maximum atomic E-state index is 12.9. The number of carbonyl (C=O) groups excluding carboxylic acids is 2. The molecule has 4 atom stereocenters. The molecule has 2 heterocycles. The first-order chi connectivity index (χ1) is 14.4. The predicted octanol–water partition coefficient (Wildman–Crippen LogP) is 3.32. The molecule has 6 heteroatoms. The molecular formula is C24H33N3O3. The number of piperidine rings is 1. The van der Waals surface area contributed by atoms with E-state index in [-0.39, 0.29) is 17.9 Å². The van der Waals surface area contributed by atoms with Crippen molar-refractivity contribution >= 4 is 11.8 Å². The number of nitrogens with one attached hydrogen (secondary N) is 1. The van der Waals surface area contributed by atoms with E-state index in [1.54, 1.807) is 4.90 Å². The summed E-state index contributed by atoms with van der Waals surface area (Å²) in [4.78, 5) is 29.5. The number of nitrogens with zero attached hydrogens (tertiary/aromatic N) is 2. The molecule has 1 N–H and O–H groups in total. The average molecular weight is 412 g/mol. The molecule has 2 aliphatic heterocycles. The van der Waals surface area contributed by atoms with Gasteiger partial charge in [-0.25, -0.2) is 0 Å². The van der Waals surface area contributed by atoms with Gasteiger partial charge in [0.05, 0.1) is 0 Å². The fourth-order valence-electron chi connectivity index (χ4n) is 5.38. The number of hydrogen-bond donors (Lipinski definition) is 1. The summed E-state index contributed by atoms with van der Waals surface area (Å²) < 4.78 is 6.46. The van der Waals surface area contributed by atoms with Crippen molar-refractivity contribution in [1.82, 2.24) is 15.1 Å². The van der Waals surface area contributed by atoms with Crippen LogP contribution in [0.2, 0.25) is 0 Å². The van der Waals surface area contributed by atoms with Crippen LogP contribution in [0.15, 0.2) is 30.5 Å². The van der Waals surface area contributed by atoms with E-state index in [1.165, 1.54) is 6.42 Å². The van der Waals surface area contributed by atoms with Gasteiger partial charge in [-0.15, -0.1) is 0 Å². The minimum absolute atomic E-state index is 0.0697. The van der Waals surface area contributed by atoms with Gasteiger partial charge in [0.25, 0.3) is 5.91 Å². The van der Waals surface area contributed by atoms with Crippen LogP contribution in [0.5, 0.6) is 5.75 Å². The Morgan fingerprint density at radius 2 is 1.97 bits per heavy atom. The highest BCUT2D eigenvalue weighted by atomic mass is 16.5. The number of carbonyl (C=O) groups is 2. The third-order valence-electron chi connectivity index (χ3n) is 7.00. The summed E-state index contributed by atoms with van der Waals surface area (Å²) in [6.45, 7) is 13.1. The Bertz CT molecular complexity index is 848. The van der Waals surface area contributed by atoms with Gasteiger partial charge < -0.3 is 15.0 Å². The first kappa shape index (κ1) is 20.9.